The summed E-state index contributed by atoms with van der Waals surface area (Å²) in [6.07, 6.45) is 7.07. The van der Waals surface area contributed by atoms with Gasteiger partial charge in [0.1, 0.15) is 5.82 Å². The van der Waals surface area contributed by atoms with Crippen LogP contribution in [0.5, 0.6) is 0 Å². The molecule has 3 rings (SSSR count). The van der Waals surface area contributed by atoms with E-state index in [-0.39, 0.29) is 11.9 Å². The quantitative estimate of drug-likeness (QED) is 0.884. The molecule has 2 unspecified atom stereocenters. The van der Waals surface area contributed by atoms with E-state index in [0.29, 0.717) is 0 Å². The van der Waals surface area contributed by atoms with Crippen LogP contribution in [0.15, 0.2) is 18.5 Å². The summed E-state index contributed by atoms with van der Waals surface area (Å²) >= 11 is 0. The van der Waals surface area contributed by atoms with Gasteiger partial charge in [0.25, 0.3) is 0 Å². The molecular weight excluding hydrogens is 241 g/mol. The average Bonchev–Trinajstić information content (AvgIpc) is 3.15. The van der Waals surface area contributed by atoms with Crippen molar-refractivity contribution in [3.8, 4) is 0 Å². The van der Waals surface area contributed by atoms with Gasteiger partial charge in [0.15, 0.2) is 0 Å². The maximum atomic E-state index is 13.1. The van der Waals surface area contributed by atoms with Gasteiger partial charge in [-0.05, 0) is 56.8 Å². The highest BCUT2D eigenvalue weighted by Crippen LogP contribution is 2.31. The maximum absolute atomic E-state index is 13.1. The minimum absolute atomic E-state index is 0.165. The molecule has 19 heavy (non-hydrogen) atoms. The van der Waals surface area contributed by atoms with Crippen LogP contribution < -0.4 is 5.32 Å². The number of hydrogen-bond acceptors (Lipinski definition) is 3. The molecule has 0 bridgehead atoms. The van der Waals surface area contributed by atoms with Crippen molar-refractivity contribution in [1.29, 1.82) is 0 Å². The SMILES string of the molecule is CC(NCC1CCN(C2CC2)C1)c1cncc(F)c1. The van der Waals surface area contributed by atoms with Crippen LogP contribution in [-0.4, -0.2) is 35.6 Å². The molecule has 1 saturated carbocycles. The van der Waals surface area contributed by atoms with Crippen molar-refractivity contribution in [3.63, 3.8) is 0 Å². The van der Waals surface area contributed by atoms with Gasteiger partial charge >= 0.3 is 0 Å². The summed E-state index contributed by atoms with van der Waals surface area (Å²) in [5, 5.41) is 3.51. The molecular formula is C15H22FN3. The van der Waals surface area contributed by atoms with E-state index in [4.69, 9.17) is 0 Å². The third kappa shape index (κ3) is 3.31. The van der Waals surface area contributed by atoms with Crippen LogP contribution in [-0.2, 0) is 0 Å². The molecule has 1 N–H and O–H groups in total. The highest BCUT2D eigenvalue weighted by Gasteiger charge is 2.34. The summed E-state index contributed by atoms with van der Waals surface area (Å²) in [6, 6.07) is 2.61. The number of nitrogens with one attached hydrogen (secondary N) is 1. The van der Waals surface area contributed by atoms with E-state index in [1.165, 1.54) is 38.5 Å². The minimum atomic E-state index is -0.257. The zero-order valence-electron chi connectivity index (χ0n) is 11.5. The molecule has 2 aliphatic rings. The Hall–Kier alpha value is -1.00. The molecule has 2 heterocycles. The van der Waals surface area contributed by atoms with Crippen LogP contribution in [0, 0.1) is 11.7 Å². The van der Waals surface area contributed by atoms with E-state index in [9.17, 15) is 4.39 Å². The Morgan fingerprint density at radius 1 is 1.42 bits per heavy atom. The summed E-state index contributed by atoms with van der Waals surface area (Å²) in [5.74, 6) is 0.483. The molecule has 4 heteroatoms. The van der Waals surface area contributed by atoms with Crippen LogP contribution in [0.2, 0.25) is 0 Å². The second-order valence-corrected chi connectivity index (χ2v) is 5.95. The second kappa shape index (κ2) is 5.55. The smallest absolute Gasteiger partial charge is 0.141 e. The van der Waals surface area contributed by atoms with Crippen LogP contribution in [0.4, 0.5) is 4.39 Å². The van der Waals surface area contributed by atoms with E-state index < -0.39 is 0 Å². The summed E-state index contributed by atoms with van der Waals surface area (Å²) in [4.78, 5) is 6.53. The lowest BCUT2D eigenvalue weighted by Crippen LogP contribution is -2.29. The molecule has 1 aromatic rings. The number of rotatable bonds is 5. The Labute approximate surface area is 114 Å². The Morgan fingerprint density at radius 2 is 2.26 bits per heavy atom. The van der Waals surface area contributed by atoms with Crippen LogP contribution in [0.25, 0.3) is 0 Å². The van der Waals surface area contributed by atoms with E-state index in [1.54, 1.807) is 12.3 Å². The molecule has 2 atom stereocenters. The zero-order chi connectivity index (χ0) is 13.2. The van der Waals surface area contributed by atoms with Crippen LogP contribution in [0.1, 0.15) is 37.8 Å². The first kappa shape index (κ1) is 13.0. The van der Waals surface area contributed by atoms with E-state index >= 15 is 0 Å². The molecule has 3 nitrogen and oxygen atoms in total. The standard InChI is InChI=1S/C15H22FN3/c1-11(13-6-14(16)9-17-8-13)18-7-12-4-5-19(10-12)15-2-3-15/h6,8-9,11-12,15,18H,2-5,7,10H2,1H3. The second-order valence-electron chi connectivity index (χ2n) is 5.95. The molecule has 0 amide bonds. The molecule has 0 radical (unpaired) electrons. The highest BCUT2D eigenvalue weighted by molar-refractivity contribution is 5.14. The Morgan fingerprint density at radius 3 is 3.00 bits per heavy atom. The van der Waals surface area contributed by atoms with E-state index in [2.05, 4.69) is 22.1 Å². The van der Waals surface area contributed by atoms with Gasteiger partial charge in [-0.2, -0.15) is 0 Å². The van der Waals surface area contributed by atoms with Gasteiger partial charge in [-0.15, -0.1) is 0 Å². The Kier molecular flexibility index (Phi) is 3.80. The average molecular weight is 263 g/mol. The maximum Gasteiger partial charge on any atom is 0.141 e. The first-order valence-corrected chi connectivity index (χ1v) is 7.30. The fourth-order valence-corrected chi connectivity index (χ4v) is 2.93. The predicted molar refractivity (Wildman–Crippen MR) is 73.3 cm³/mol. The highest BCUT2D eigenvalue weighted by atomic mass is 19.1. The fourth-order valence-electron chi connectivity index (χ4n) is 2.93. The van der Waals surface area contributed by atoms with Gasteiger partial charge < -0.3 is 10.2 Å². The predicted octanol–water partition coefficient (Wildman–Crippen LogP) is 2.36. The summed E-state index contributed by atoms with van der Waals surface area (Å²) in [5.41, 5.74) is 0.928. The van der Waals surface area contributed by atoms with Crippen LogP contribution >= 0.6 is 0 Å². The minimum Gasteiger partial charge on any atom is -0.310 e. The molecule has 1 aromatic heterocycles. The largest absolute Gasteiger partial charge is 0.310 e. The molecule has 1 aliphatic carbocycles. The number of nitrogens with zero attached hydrogens (tertiary/aromatic N) is 2. The van der Waals surface area contributed by atoms with E-state index in [1.807, 2.05) is 0 Å². The molecule has 104 valence electrons. The van der Waals surface area contributed by atoms with Gasteiger partial charge in [-0.25, -0.2) is 4.39 Å². The van der Waals surface area contributed by atoms with Gasteiger partial charge in [0.05, 0.1) is 6.20 Å². The molecule has 0 spiro atoms. The van der Waals surface area contributed by atoms with Crippen molar-refractivity contribution in [3.05, 3.63) is 29.8 Å². The normalized spacial score (nSPS) is 25.7. The zero-order valence-corrected chi connectivity index (χ0v) is 11.5. The lowest BCUT2D eigenvalue weighted by molar-refractivity contribution is 0.310. The molecule has 1 aliphatic heterocycles. The van der Waals surface area contributed by atoms with Gasteiger partial charge in [-0.1, -0.05) is 0 Å². The monoisotopic (exact) mass is 263 g/mol. The van der Waals surface area contributed by atoms with Crippen molar-refractivity contribution in [2.75, 3.05) is 19.6 Å². The van der Waals surface area contributed by atoms with Gasteiger partial charge in [0.2, 0.25) is 0 Å². The fraction of sp³-hybridized carbons (Fsp3) is 0.667. The lowest BCUT2D eigenvalue weighted by atomic mass is 10.1. The van der Waals surface area contributed by atoms with Gasteiger partial charge in [-0.3, -0.25) is 4.98 Å². The molecule has 2 fully saturated rings. The van der Waals surface area contributed by atoms with Crippen molar-refractivity contribution >= 4 is 0 Å². The number of aromatic nitrogens is 1. The van der Waals surface area contributed by atoms with Crippen molar-refractivity contribution in [1.82, 2.24) is 15.2 Å². The first-order valence-electron chi connectivity index (χ1n) is 7.30. The molecule has 1 saturated heterocycles. The van der Waals surface area contributed by atoms with Gasteiger partial charge in [0, 0.05) is 24.8 Å². The summed E-state index contributed by atoms with van der Waals surface area (Å²) in [6.45, 7) is 5.57. The Bertz CT molecular complexity index is 433. The topological polar surface area (TPSA) is 28.2 Å². The first-order chi connectivity index (χ1) is 9.22. The third-order valence-electron chi connectivity index (χ3n) is 4.32. The number of likely N-dealkylation sites (tertiary alicyclic amines) is 1. The summed E-state index contributed by atoms with van der Waals surface area (Å²) < 4.78 is 13.1. The number of halogens is 1. The summed E-state index contributed by atoms with van der Waals surface area (Å²) in [7, 11) is 0. The lowest BCUT2D eigenvalue weighted by Gasteiger charge is -2.18. The third-order valence-corrected chi connectivity index (χ3v) is 4.32. The van der Waals surface area contributed by atoms with Crippen molar-refractivity contribution in [2.24, 2.45) is 5.92 Å². The van der Waals surface area contributed by atoms with Crippen molar-refractivity contribution < 1.29 is 4.39 Å². The van der Waals surface area contributed by atoms with Crippen LogP contribution in [0.3, 0.4) is 0 Å². The van der Waals surface area contributed by atoms with E-state index in [0.717, 1.165) is 24.1 Å². The Balaban J connectivity index is 1.46. The number of hydrogen-bond donors (Lipinski definition) is 1. The number of pyridine rings is 1. The van der Waals surface area contributed by atoms with Crippen molar-refractivity contribution in [2.45, 2.75) is 38.3 Å². The molecule has 0 aromatic carbocycles.